The molecule has 0 amide bonds. The molecule has 1 aromatic heterocycles. The number of halogens is 1. The number of rotatable bonds is 1. The number of aromatic amines is 1. The molecule has 0 atom stereocenters. The van der Waals surface area contributed by atoms with Crippen LogP contribution in [0.5, 0.6) is 0 Å². The summed E-state index contributed by atoms with van der Waals surface area (Å²) in [6.45, 7) is 0. The maximum atomic E-state index is 13.4. The molecule has 0 aliphatic rings. The van der Waals surface area contributed by atoms with Crippen LogP contribution in [0.1, 0.15) is 5.56 Å². The Kier molecular flexibility index (Phi) is 2.35. The second-order valence-corrected chi connectivity index (χ2v) is 3.98. The Hall–Kier alpha value is -2.60. The first-order valence-corrected chi connectivity index (χ1v) is 5.48. The highest BCUT2D eigenvalue weighted by molar-refractivity contribution is 5.79. The Bertz CT molecular complexity index is 733. The molecule has 0 saturated heterocycles. The zero-order valence-electron chi connectivity index (χ0n) is 9.44. The van der Waals surface area contributed by atoms with Crippen molar-refractivity contribution in [1.82, 2.24) is 9.97 Å². The first-order chi connectivity index (χ1) is 8.76. The van der Waals surface area contributed by atoms with Gasteiger partial charge < -0.3 is 4.98 Å². The molecule has 0 bridgehead atoms. The van der Waals surface area contributed by atoms with Crippen LogP contribution in [0.4, 0.5) is 4.39 Å². The fourth-order valence-electron chi connectivity index (χ4n) is 1.90. The van der Waals surface area contributed by atoms with Crippen molar-refractivity contribution in [3.05, 3.63) is 53.8 Å². The fraction of sp³-hybridized carbons (Fsp3) is 0. The summed E-state index contributed by atoms with van der Waals surface area (Å²) in [5.74, 6) is 2.69. The normalized spacial score (nSPS) is 10.4. The standard InChI is InChI=1S/C15H9FN2/c1-2-10-7-11(9-12(16)8-10)15-17-13-5-3-4-6-14(13)18-15/h1,3-9H,(H,17,18). The fourth-order valence-corrected chi connectivity index (χ4v) is 1.90. The highest BCUT2D eigenvalue weighted by atomic mass is 19.1. The number of nitrogens with one attached hydrogen (secondary N) is 1. The second kappa shape index (κ2) is 4.01. The van der Waals surface area contributed by atoms with Gasteiger partial charge in [-0.15, -0.1) is 6.42 Å². The second-order valence-electron chi connectivity index (χ2n) is 3.98. The van der Waals surface area contributed by atoms with E-state index in [9.17, 15) is 4.39 Å². The van der Waals surface area contributed by atoms with Gasteiger partial charge in [-0.3, -0.25) is 0 Å². The molecule has 0 unspecified atom stereocenters. The lowest BCUT2D eigenvalue weighted by atomic mass is 10.1. The number of terminal acetylenes is 1. The van der Waals surface area contributed by atoms with Crippen LogP contribution in [0.15, 0.2) is 42.5 Å². The predicted octanol–water partition coefficient (Wildman–Crippen LogP) is 3.35. The smallest absolute Gasteiger partial charge is 0.138 e. The van der Waals surface area contributed by atoms with Crippen LogP contribution in [-0.4, -0.2) is 9.97 Å². The van der Waals surface area contributed by atoms with Crippen LogP contribution < -0.4 is 0 Å². The van der Waals surface area contributed by atoms with Crippen LogP contribution in [-0.2, 0) is 0 Å². The molecule has 0 spiro atoms. The van der Waals surface area contributed by atoms with Gasteiger partial charge in [-0.05, 0) is 30.3 Å². The number of hydrogen-bond donors (Lipinski definition) is 1. The Balaban J connectivity index is 2.20. The molecule has 0 aliphatic heterocycles. The maximum absolute atomic E-state index is 13.4. The van der Waals surface area contributed by atoms with E-state index in [2.05, 4.69) is 15.9 Å². The van der Waals surface area contributed by atoms with E-state index >= 15 is 0 Å². The van der Waals surface area contributed by atoms with E-state index in [-0.39, 0.29) is 5.82 Å². The number of imidazole rings is 1. The van der Waals surface area contributed by atoms with Crippen molar-refractivity contribution in [2.75, 3.05) is 0 Å². The zero-order chi connectivity index (χ0) is 12.5. The Morgan fingerprint density at radius 2 is 2.00 bits per heavy atom. The van der Waals surface area contributed by atoms with Crippen LogP contribution in [0, 0.1) is 18.2 Å². The summed E-state index contributed by atoms with van der Waals surface area (Å²) in [4.78, 5) is 7.55. The van der Waals surface area contributed by atoms with E-state index in [4.69, 9.17) is 6.42 Å². The topological polar surface area (TPSA) is 28.7 Å². The van der Waals surface area contributed by atoms with E-state index in [0.29, 0.717) is 17.0 Å². The van der Waals surface area contributed by atoms with E-state index in [1.165, 1.54) is 12.1 Å². The van der Waals surface area contributed by atoms with Crippen LogP contribution in [0.3, 0.4) is 0 Å². The van der Waals surface area contributed by atoms with Gasteiger partial charge >= 0.3 is 0 Å². The van der Waals surface area contributed by atoms with Crippen molar-refractivity contribution in [3.63, 3.8) is 0 Å². The summed E-state index contributed by atoms with van der Waals surface area (Å²) >= 11 is 0. The average Bonchev–Trinajstić information content (AvgIpc) is 2.81. The predicted molar refractivity (Wildman–Crippen MR) is 69.4 cm³/mol. The molecule has 0 saturated carbocycles. The SMILES string of the molecule is C#Cc1cc(F)cc(-c2nc3ccccc3[nH]2)c1. The van der Waals surface area contributed by atoms with Gasteiger partial charge in [-0.25, -0.2) is 9.37 Å². The third-order valence-electron chi connectivity index (χ3n) is 2.73. The lowest BCUT2D eigenvalue weighted by Gasteiger charge is -1.98. The third-order valence-corrected chi connectivity index (χ3v) is 2.73. The Labute approximate surface area is 103 Å². The minimum Gasteiger partial charge on any atom is -0.338 e. The van der Waals surface area contributed by atoms with Gasteiger partial charge in [0.1, 0.15) is 11.6 Å². The largest absolute Gasteiger partial charge is 0.338 e. The first kappa shape index (κ1) is 10.5. The van der Waals surface area contributed by atoms with E-state index in [0.717, 1.165) is 11.0 Å². The van der Waals surface area contributed by atoms with Crippen molar-refractivity contribution >= 4 is 11.0 Å². The van der Waals surface area contributed by atoms with Crippen molar-refractivity contribution in [1.29, 1.82) is 0 Å². The van der Waals surface area contributed by atoms with E-state index in [1.807, 2.05) is 24.3 Å². The molecule has 1 heterocycles. The average molecular weight is 236 g/mol. The Morgan fingerprint density at radius 1 is 1.17 bits per heavy atom. The molecule has 2 nitrogen and oxygen atoms in total. The lowest BCUT2D eigenvalue weighted by Crippen LogP contribution is -1.85. The molecular formula is C15H9FN2. The number of para-hydroxylation sites is 2. The highest BCUT2D eigenvalue weighted by Crippen LogP contribution is 2.22. The molecule has 18 heavy (non-hydrogen) atoms. The quantitative estimate of drug-likeness (QED) is 0.645. The molecular weight excluding hydrogens is 227 g/mol. The number of aromatic nitrogens is 2. The monoisotopic (exact) mass is 236 g/mol. The van der Waals surface area contributed by atoms with Crippen molar-refractivity contribution in [2.45, 2.75) is 0 Å². The van der Waals surface area contributed by atoms with Crippen molar-refractivity contribution in [2.24, 2.45) is 0 Å². The Morgan fingerprint density at radius 3 is 2.78 bits per heavy atom. The molecule has 86 valence electrons. The van der Waals surface area contributed by atoms with Crippen molar-refractivity contribution in [3.8, 4) is 23.7 Å². The molecule has 2 aromatic carbocycles. The van der Waals surface area contributed by atoms with Gasteiger partial charge in [0.05, 0.1) is 11.0 Å². The molecule has 0 fully saturated rings. The zero-order valence-corrected chi connectivity index (χ0v) is 9.44. The van der Waals surface area contributed by atoms with E-state index in [1.54, 1.807) is 6.07 Å². The summed E-state index contributed by atoms with van der Waals surface area (Å²) < 4.78 is 13.4. The molecule has 1 N–H and O–H groups in total. The third kappa shape index (κ3) is 1.74. The summed E-state index contributed by atoms with van der Waals surface area (Å²) in [5, 5.41) is 0. The lowest BCUT2D eigenvalue weighted by molar-refractivity contribution is 0.628. The minimum atomic E-state index is -0.360. The number of hydrogen-bond acceptors (Lipinski definition) is 1. The van der Waals surface area contributed by atoms with Crippen LogP contribution in [0.2, 0.25) is 0 Å². The van der Waals surface area contributed by atoms with E-state index < -0.39 is 0 Å². The number of nitrogens with zero attached hydrogens (tertiary/aromatic N) is 1. The van der Waals surface area contributed by atoms with Gasteiger partial charge in [-0.2, -0.15) is 0 Å². The number of H-pyrrole nitrogens is 1. The molecule has 0 radical (unpaired) electrons. The molecule has 3 rings (SSSR count). The summed E-state index contributed by atoms with van der Waals surface area (Å²) in [6.07, 6.45) is 5.29. The summed E-state index contributed by atoms with van der Waals surface area (Å²) in [7, 11) is 0. The highest BCUT2D eigenvalue weighted by Gasteiger charge is 2.07. The number of fused-ring (bicyclic) bond motifs is 1. The molecule has 0 aliphatic carbocycles. The van der Waals surface area contributed by atoms with Crippen LogP contribution >= 0.6 is 0 Å². The summed E-state index contributed by atoms with van der Waals surface area (Å²) in [6, 6.07) is 12.1. The van der Waals surface area contributed by atoms with Gasteiger partial charge in [0.25, 0.3) is 0 Å². The number of benzene rings is 2. The van der Waals surface area contributed by atoms with Crippen LogP contribution in [0.25, 0.3) is 22.4 Å². The maximum Gasteiger partial charge on any atom is 0.138 e. The van der Waals surface area contributed by atoms with Gasteiger partial charge in [0, 0.05) is 11.1 Å². The van der Waals surface area contributed by atoms with Crippen molar-refractivity contribution < 1.29 is 4.39 Å². The van der Waals surface area contributed by atoms with Gasteiger partial charge in [-0.1, -0.05) is 18.1 Å². The first-order valence-electron chi connectivity index (χ1n) is 5.48. The molecule has 3 aromatic rings. The van der Waals surface area contributed by atoms with Gasteiger partial charge in [0.15, 0.2) is 0 Å². The summed E-state index contributed by atoms with van der Waals surface area (Å²) in [5.41, 5.74) is 2.92. The van der Waals surface area contributed by atoms with Gasteiger partial charge in [0.2, 0.25) is 0 Å². The molecule has 3 heteroatoms. The minimum absolute atomic E-state index is 0.360.